The second-order valence-electron chi connectivity index (χ2n) is 4.72. The molecule has 0 aliphatic carbocycles. The molecule has 7 heteroatoms. The Balaban J connectivity index is 0.00000324. The largest absolute Gasteiger partial charge is 0.339 e. The lowest BCUT2D eigenvalue weighted by atomic mass is 10.1. The van der Waals surface area contributed by atoms with E-state index in [1.54, 1.807) is 4.90 Å². The highest BCUT2D eigenvalue weighted by Crippen LogP contribution is 2.06. The van der Waals surface area contributed by atoms with Gasteiger partial charge >= 0.3 is 6.03 Å². The highest BCUT2D eigenvalue weighted by Gasteiger charge is 2.23. The second kappa shape index (κ2) is 8.98. The zero-order valence-electron chi connectivity index (χ0n) is 11.7. The minimum Gasteiger partial charge on any atom is -0.339 e. The third kappa shape index (κ3) is 6.11. The van der Waals surface area contributed by atoms with Gasteiger partial charge in [0.15, 0.2) is 0 Å². The number of piperazine rings is 1. The number of nitrogens with two attached hydrogens (primary N) is 1. The molecule has 1 aliphatic rings. The lowest BCUT2D eigenvalue weighted by molar-refractivity contribution is -0.132. The van der Waals surface area contributed by atoms with Crippen LogP contribution in [0.15, 0.2) is 0 Å². The van der Waals surface area contributed by atoms with Gasteiger partial charge in [0.1, 0.15) is 0 Å². The number of hydrogen-bond donors (Lipinski definition) is 2. The van der Waals surface area contributed by atoms with Gasteiger partial charge in [0, 0.05) is 45.2 Å². The zero-order valence-corrected chi connectivity index (χ0v) is 12.5. The molecule has 112 valence electrons. The average Bonchev–Trinajstić information content (AvgIpc) is 2.36. The van der Waals surface area contributed by atoms with E-state index in [4.69, 9.17) is 5.73 Å². The molecule has 1 atom stereocenters. The van der Waals surface area contributed by atoms with Gasteiger partial charge in [0.05, 0.1) is 0 Å². The highest BCUT2D eigenvalue weighted by atomic mass is 35.5. The fraction of sp³-hybridized carbons (Fsp3) is 0.833. The lowest BCUT2D eigenvalue weighted by Crippen LogP contribution is -2.53. The number of carbonyl (C=O) groups excluding carboxylic acids is 2. The Morgan fingerprint density at radius 3 is 2.21 bits per heavy atom. The first-order chi connectivity index (χ1) is 8.54. The molecule has 1 fully saturated rings. The van der Waals surface area contributed by atoms with Crippen molar-refractivity contribution in [1.29, 1.82) is 0 Å². The minimum absolute atomic E-state index is 0. The Morgan fingerprint density at radius 1 is 1.21 bits per heavy atom. The maximum Gasteiger partial charge on any atom is 0.317 e. The van der Waals surface area contributed by atoms with Crippen LogP contribution in [0.25, 0.3) is 0 Å². The first-order valence-electron chi connectivity index (χ1n) is 6.60. The third-order valence-electron chi connectivity index (χ3n) is 3.06. The molecule has 0 aromatic rings. The summed E-state index contributed by atoms with van der Waals surface area (Å²) in [5.41, 5.74) is 5.63. The average molecular weight is 293 g/mol. The Morgan fingerprint density at radius 2 is 1.74 bits per heavy atom. The molecule has 0 saturated carbocycles. The van der Waals surface area contributed by atoms with E-state index >= 15 is 0 Å². The molecule has 19 heavy (non-hydrogen) atoms. The highest BCUT2D eigenvalue weighted by molar-refractivity contribution is 5.85. The number of amides is 3. The Hall–Kier alpha value is -1.01. The number of nitrogens with zero attached hydrogens (tertiary/aromatic N) is 2. The van der Waals surface area contributed by atoms with Crippen molar-refractivity contribution in [2.75, 3.05) is 32.7 Å². The van der Waals surface area contributed by atoms with Gasteiger partial charge in [-0.3, -0.25) is 4.79 Å². The standard InChI is InChI=1S/C12H24N4O2.ClH/c1-3-14-12(18)16-8-6-15(7-9-16)11(17)5-4-10(2)13;/h10H,3-9,13H2,1-2H3,(H,14,18);1H. The monoisotopic (exact) mass is 292 g/mol. The van der Waals surface area contributed by atoms with Crippen LogP contribution in [-0.2, 0) is 4.79 Å². The van der Waals surface area contributed by atoms with Crippen molar-refractivity contribution in [3.8, 4) is 0 Å². The molecule has 1 saturated heterocycles. The van der Waals surface area contributed by atoms with E-state index < -0.39 is 0 Å². The molecule has 0 bridgehead atoms. The van der Waals surface area contributed by atoms with Gasteiger partial charge in [-0.15, -0.1) is 12.4 Å². The van der Waals surface area contributed by atoms with E-state index in [0.717, 1.165) is 6.42 Å². The smallest absolute Gasteiger partial charge is 0.317 e. The van der Waals surface area contributed by atoms with Crippen LogP contribution in [0.5, 0.6) is 0 Å². The molecule has 3 N–H and O–H groups in total. The summed E-state index contributed by atoms with van der Waals surface area (Å²) in [6.45, 7) is 6.88. The Labute approximate surface area is 121 Å². The number of urea groups is 1. The first-order valence-corrected chi connectivity index (χ1v) is 6.60. The molecule has 3 amide bonds. The molecule has 1 rings (SSSR count). The van der Waals surface area contributed by atoms with Crippen LogP contribution in [0.1, 0.15) is 26.7 Å². The van der Waals surface area contributed by atoms with Crippen LogP contribution >= 0.6 is 12.4 Å². The van der Waals surface area contributed by atoms with Crippen molar-refractivity contribution in [3.63, 3.8) is 0 Å². The molecule has 0 aromatic heterocycles. The molecule has 0 spiro atoms. The maximum atomic E-state index is 11.9. The van der Waals surface area contributed by atoms with Gasteiger partial charge in [0.25, 0.3) is 0 Å². The van der Waals surface area contributed by atoms with Gasteiger partial charge < -0.3 is 20.9 Å². The molecule has 1 heterocycles. The lowest BCUT2D eigenvalue weighted by Gasteiger charge is -2.34. The van der Waals surface area contributed by atoms with Crippen molar-refractivity contribution in [1.82, 2.24) is 15.1 Å². The van der Waals surface area contributed by atoms with Gasteiger partial charge in [0.2, 0.25) is 5.91 Å². The molecule has 1 aliphatic heterocycles. The number of nitrogens with one attached hydrogen (secondary N) is 1. The van der Waals surface area contributed by atoms with Gasteiger partial charge in [-0.05, 0) is 20.3 Å². The van der Waals surface area contributed by atoms with Crippen LogP contribution in [-0.4, -0.2) is 60.5 Å². The van der Waals surface area contributed by atoms with Crippen molar-refractivity contribution >= 4 is 24.3 Å². The van der Waals surface area contributed by atoms with E-state index in [9.17, 15) is 9.59 Å². The molecular formula is C12H25ClN4O2. The second-order valence-corrected chi connectivity index (χ2v) is 4.72. The SMILES string of the molecule is CCNC(=O)N1CCN(C(=O)CCC(C)N)CC1.Cl. The number of rotatable bonds is 4. The fourth-order valence-corrected chi connectivity index (χ4v) is 1.93. The van der Waals surface area contributed by atoms with Crippen LogP contribution in [0.3, 0.4) is 0 Å². The Bertz CT molecular complexity index is 291. The van der Waals surface area contributed by atoms with Crippen LogP contribution in [0.2, 0.25) is 0 Å². The summed E-state index contributed by atoms with van der Waals surface area (Å²) in [5.74, 6) is 0.142. The molecule has 1 unspecified atom stereocenters. The van der Waals surface area contributed by atoms with Crippen molar-refractivity contribution < 1.29 is 9.59 Å². The minimum atomic E-state index is -0.0415. The zero-order chi connectivity index (χ0) is 13.5. The van der Waals surface area contributed by atoms with Gasteiger partial charge in [-0.1, -0.05) is 0 Å². The fourth-order valence-electron chi connectivity index (χ4n) is 1.93. The quantitative estimate of drug-likeness (QED) is 0.788. The third-order valence-corrected chi connectivity index (χ3v) is 3.06. The summed E-state index contributed by atoms with van der Waals surface area (Å²) in [5, 5.41) is 2.77. The number of halogens is 1. The summed E-state index contributed by atoms with van der Waals surface area (Å²) in [7, 11) is 0. The van der Waals surface area contributed by atoms with Crippen LogP contribution < -0.4 is 11.1 Å². The van der Waals surface area contributed by atoms with E-state index in [-0.39, 0.29) is 30.4 Å². The Kier molecular flexibility index (Phi) is 8.51. The summed E-state index contributed by atoms with van der Waals surface area (Å²) < 4.78 is 0. The maximum absolute atomic E-state index is 11.9. The number of carbonyl (C=O) groups is 2. The van der Waals surface area contributed by atoms with Crippen LogP contribution in [0, 0.1) is 0 Å². The van der Waals surface area contributed by atoms with Crippen LogP contribution in [0.4, 0.5) is 4.79 Å². The van der Waals surface area contributed by atoms with Crippen molar-refractivity contribution in [3.05, 3.63) is 0 Å². The predicted octanol–water partition coefficient (Wildman–Crippen LogP) is 0.409. The topological polar surface area (TPSA) is 78.7 Å². The normalized spacial score (nSPS) is 16.6. The van der Waals surface area contributed by atoms with E-state index in [0.29, 0.717) is 39.1 Å². The summed E-state index contributed by atoms with van der Waals surface area (Å²) in [6.07, 6.45) is 1.22. The summed E-state index contributed by atoms with van der Waals surface area (Å²) in [4.78, 5) is 27.0. The van der Waals surface area contributed by atoms with E-state index in [1.165, 1.54) is 0 Å². The van der Waals surface area contributed by atoms with Crippen molar-refractivity contribution in [2.45, 2.75) is 32.7 Å². The predicted molar refractivity (Wildman–Crippen MR) is 77.4 cm³/mol. The summed E-state index contributed by atoms with van der Waals surface area (Å²) >= 11 is 0. The van der Waals surface area contributed by atoms with Gasteiger partial charge in [-0.2, -0.15) is 0 Å². The molecule has 0 aromatic carbocycles. The van der Waals surface area contributed by atoms with Gasteiger partial charge in [-0.25, -0.2) is 4.79 Å². The van der Waals surface area contributed by atoms with Crippen molar-refractivity contribution in [2.24, 2.45) is 5.73 Å². The molecule has 0 radical (unpaired) electrons. The molecule has 6 nitrogen and oxygen atoms in total. The van der Waals surface area contributed by atoms with E-state index in [2.05, 4.69) is 5.32 Å². The number of hydrogen-bond acceptors (Lipinski definition) is 3. The van der Waals surface area contributed by atoms with E-state index in [1.807, 2.05) is 18.7 Å². The summed E-state index contributed by atoms with van der Waals surface area (Å²) in [6, 6.07) is 0.0192. The molecular weight excluding hydrogens is 268 g/mol. The first kappa shape index (κ1) is 18.0.